The maximum atomic E-state index is 12.1. The second-order valence-electron chi connectivity index (χ2n) is 6.40. The number of carbonyl (C=O) groups excluding carboxylic acids is 2. The highest BCUT2D eigenvalue weighted by atomic mass is 16.2. The van der Waals surface area contributed by atoms with Crippen molar-refractivity contribution in [2.24, 2.45) is 0 Å². The number of pyridine rings is 1. The number of aryl methyl sites for hydroxylation is 1. The molecular weight excluding hydrogens is 326 g/mol. The van der Waals surface area contributed by atoms with E-state index in [1.165, 1.54) is 5.56 Å². The molecule has 132 valence electrons. The summed E-state index contributed by atoms with van der Waals surface area (Å²) >= 11 is 0. The van der Waals surface area contributed by atoms with E-state index in [2.05, 4.69) is 21.7 Å². The quantitative estimate of drug-likeness (QED) is 0.711. The molecule has 1 aromatic heterocycles. The number of hydrogen-bond donors (Lipinski definition) is 2. The average Bonchev–Trinajstić information content (AvgIpc) is 2.65. The van der Waals surface area contributed by atoms with Gasteiger partial charge >= 0.3 is 11.8 Å². The van der Waals surface area contributed by atoms with Crippen molar-refractivity contribution in [3.63, 3.8) is 0 Å². The van der Waals surface area contributed by atoms with Crippen LogP contribution in [0.4, 0.5) is 5.69 Å². The fraction of sp³-hybridized carbons (Fsp3) is 0.190. The first-order chi connectivity index (χ1) is 12.5. The number of carbonyl (C=O) groups is 2. The first kappa shape index (κ1) is 17.6. The molecule has 0 saturated carbocycles. The van der Waals surface area contributed by atoms with Crippen LogP contribution in [-0.2, 0) is 9.59 Å². The fourth-order valence-electron chi connectivity index (χ4n) is 2.75. The monoisotopic (exact) mass is 347 g/mol. The van der Waals surface area contributed by atoms with Crippen LogP contribution >= 0.6 is 0 Å². The van der Waals surface area contributed by atoms with Gasteiger partial charge in [-0.15, -0.1) is 0 Å². The van der Waals surface area contributed by atoms with E-state index in [-0.39, 0.29) is 5.92 Å². The van der Waals surface area contributed by atoms with Gasteiger partial charge in [-0.2, -0.15) is 0 Å². The van der Waals surface area contributed by atoms with Crippen molar-refractivity contribution in [3.8, 4) is 0 Å². The van der Waals surface area contributed by atoms with E-state index < -0.39 is 11.8 Å². The van der Waals surface area contributed by atoms with E-state index in [4.69, 9.17) is 0 Å². The molecular formula is C21H21N3O2. The molecule has 0 aliphatic heterocycles. The number of nitrogens with zero attached hydrogens (tertiary/aromatic N) is 1. The van der Waals surface area contributed by atoms with Crippen molar-refractivity contribution >= 4 is 28.4 Å². The number of aromatic nitrogens is 1. The highest BCUT2D eigenvalue weighted by molar-refractivity contribution is 6.39. The lowest BCUT2D eigenvalue weighted by molar-refractivity contribution is -0.136. The highest BCUT2D eigenvalue weighted by Gasteiger charge is 2.15. The molecule has 0 aliphatic carbocycles. The average molecular weight is 347 g/mol. The maximum absolute atomic E-state index is 12.1. The number of fused-ring (bicyclic) bond motifs is 1. The zero-order valence-corrected chi connectivity index (χ0v) is 14.8. The minimum Gasteiger partial charge on any atom is -0.347 e. The van der Waals surface area contributed by atoms with Gasteiger partial charge in [-0.25, -0.2) is 0 Å². The molecule has 5 heteroatoms. The third kappa shape index (κ3) is 4.25. The van der Waals surface area contributed by atoms with Crippen molar-refractivity contribution < 1.29 is 9.59 Å². The van der Waals surface area contributed by atoms with Gasteiger partial charge in [-0.3, -0.25) is 14.6 Å². The molecule has 2 amide bonds. The van der Waals surface area contributed by atoms with Crippen LogP contribution in [-0.4, -0.2) is 23.3 Å². The van der Waals surface area contributed by atoms with Gasteiger partial charge in [0.25, 0.3) is 0 Å². The van der Waals surface area contributed by atoms with Crippen LogP contribution in [0.3, 0.4) is 0 Å². The lowest BCUT2D eigenvalue weighted by Crippen LogP contribution is -2.37. The van der Waals surface area contributed by atoms with Crippen molar-refractivity contribution in [1.82, 2.24) is 10.3 Å². The van der Waals surface area contributed by atoms with Crippen LogP contribution in [0.5, 0.6) is 0 Å². The standard InChI is InChI=1S/C21H21N3O2/c1-14-6-5-8-16(10-14)15(2)12-23-20(25)21(26)24-18-11-17-7-3-4-9-19(17)22-13-18/h3-11,13,15H,12H2,1-2H3,(H,23,25)(H,24,26)/t15-/m1/s1. The first-order valence-corrected chi connectivity index (χ1v) is 8.53. The summed E-state index contributed by atoms with van der Waals surface area (Å²) in [6.07, 6.45) is 1.54. The summed E-state index contributed by atoms with van der Waals surface area (Å²) in [6, 6.07) is 17.5. The van der Waals surface area contributed by atoms with Crippen LogP contribution in [0.15, 0.2) is 60.8 Å². The Morgan fingerprint density at radius 3 is 2.65 bits per heavy atom. The van der Waals surface area contributed by atoms with E-state index in [9.17, 15) is 9.59 Å². The molecule has 0 spiro atoms. The summed E-state index contributed by atoms with van der Waals surface area (Å²) < 4.78 is 0. The molecule has 26 heavy (non-hydrogen) atoms. The normalized spacial score (nSPS) is 11.8. The lowest BCUT2D eigenvalue weighted by atomic mass is 9.99. The Labute approximate surface area is 152 Å². The van der Waals surface area contributed by atoms with Crippen LogP contribution in [0, 0.1) is 6.92 Å². The Morgan fingerprint density at radius 2 is 1.85 bits per heavy atom. The van der Waals surface area contributed by atoms with Gasteiger partial charge in [0.1, 0.15) is 0 Å². The van der Waals surface area contributed by atoms with Gasteiger partial charge in [-0.1, -0.05) is 55.0 Å². The topological polar surface area (TPSA) is 71.1 Å². The van der Waals surface area contributed by atoms with Crippen LogP contribution in [0.2, 0.25) is 0 Å². The molecule has 0 fully saturated rings. The van der Waals surface area contributed by atoms with Crippen molar-refractivity contribution in [3.05, 3.63) is 71.9 Å². The molecule has 1 heterocycles. The van der Waals surface area contributed by atoms with Crippen LogP contribution in [0.1, 0.15) is 24.0 Å². The Kier molecular flexibility index (Phi) is 5.27. The summed E-state index contributed by atoms with van der Waals surface area (Å²) in [4.78, 5) is 28.4. The molecule has 0 unspecified atom stereocenters. The summed E-state index contributed by atoms with van der Waals surface area (Å²) in [5, 5.41) is 6.18. The SMILES string of the molecule is Cc1cccc([C@H](C)CNC(=O)C(=O)Nc2cnc3ccccc3c2)c1. The van der Waals surface area contributed by atoms with Gasteiger partial charge in [0.2, 0.25) is 0 Å². The molecule has 0 bridgehead atoms. The van der Waals surface area contributed by atoms with E-state index >= 15 is 0 Å². The van der Waals surface area contributed by atoms with E-state index in [1.54, 1.807) is 12.3 Å². The minimum atomic E-state index is -0.696. The highest BCUT2D eigenvalue weighted by Crippen LogP contribution is 2.17. The van der Waals surface area contributed by atoms with Crippen molar-refractivity contribution in [2.45, 2.75) is 19.8 Å². The number of rotatable bonds is 4. The van der Waals surface area contributed by atoms with E-state index in [0.717, 1.165) is 16.5 Å². The third-order valence-corrected chi connectivity index (χ3v) is 4.23. The maximum Gasteiger partial charge on any atom is 0.313 e. The zero-order valence-electron chi connectivity index (χ0n) is 14.8. The number of para-hydroxylation sites is 1. The summed E-state index contributed by atoms with van der Waals surface area (Å²) in [5.41, 5.74) is 3.63. The van der Waals surface area contributed by atoms with Gasteiger partial charge in [-0.05, 0) is 30.5 Å². The largest absolute Gasteiger partial charge is 0.347 e. The Bertz CT molecular complexity index is 953. The second-order valence-corrected chi connectivity index (χ2v) is 6.40. The lowest BCUT2D eigenvalue weighted by Gasteiger charge is -2.13. The second kappa shape index (κ2) is 7.78. The molecule has 0 radical (unpaired) electrons. The van der Waals surface area contributed by atoms with Crippen molar-refractivity contribution in [2.75, 3.05) is 11.9 Å². The zero-order chi connectivity index (χ0) is 18.5. The van der Waals surface area contributed by atoms with Crippen LogP contribution in [0.25, 0.3) is 10.9 Å². The Hall–Kier alpha value is -3.21. The third-order valence-electron chi connectivity index (χ3n) is 4.23. The number of amides is 2. The summed E-state index contributed by atoms with van der Waals surface area (Å²) in [5.74, 6) is -1.23. The predicted octanol–water partition coefficient (Wildman–Crippen LogP) is 3.40. The molecule has 2 aromatic carbocycles. The predicted molar refractivity (Wildman–Crippen MR) is 103 cm³/mol. The number of nitrogens with one attached hydrogen (secondary N) is 2. The first-order valence-electron chi connectivity index (χ1n) is 8.53. The number of benzene rings is 2. The number of anilines is 1. The molecule has 0 aliphatic rings. The smallest absolute Gasteiger partial charge is 0.313 e. The molecule has 0 saturated heterocycles. The van der Waals surface area contributed by atoms with E-state index in [0.29, 0.717) is 12.2 Å². The van der Waals surface area contributed by atoms with Gasteiger partial charge in [0.15, 0.2) is 0 Å². The minimum absolute atomic E-state index is 0.119. The summed E-state index contributed by atoms with van der Waals surface area (Å²) in [7, 11) is 0. The molecule has 5 nitrogen and oxygen atoms in total. The fourth-order valence-corrected chi connectivity index (χ4v) is 2.75. The van der Waals surface area contributed by atoms with Gasteiger partial charge in [0, 0.05) is 11.9 Å². The molecule has 1 atom stereocenters. The van der Waals surface area contributed by atoms with Crippen LogP contribution < -0.4 is 10.6 Å². The van der Waals surface area contributed by atoms with E-state index in [1.807, 2.05) is 56.3 Å². The molecule has 2 N–H and O–H groups in total. The van der Waals surface area contributed by atoms with Gasteiger partial charge in [0.05, 0.1) is 17.4 Å². The Morgan fingerprint density at radius 1 is 1.04 bits per heavy atom. The molecule has 3 rings (SSSR count). The molecule has 3 aromatic rings. The Balaban J connectivity index is 1.58. The summed E-state index contributed by atoms with van der Waals surface area (Å²) in [6.45, 7) is 4.44. The number of hydrogen-bond acceptors (Lipinski definition) is 3. The van der Waals surface area contributed by atoms with Crippen molar-refractivity contribution in [1.29, 1.82) is 0 Å². The van der Waals surface area contributed by atoms with Gasteiger partial charge < -0.3 is 10.6 Å².